The predicted molar refractivity (Wildman–Crippen MR) is 67.1 cm³/mol. The second-order valence-electron chi connectivity index (χ2n) is 5.97. The Hall–Kier alpha value is -0.850. The van der Waals surface area contributed by atoms with Crippen molar-refractivity contribution in [2.75, 3.05) is 0 Å². The van der Waals surface area contributed by atoms with Gasteiger partial charge in [0.1, 0.15) is 5.78 Å². The normalized spacial score (nSPS) is 42.9. The number of carbonyl (C=O) groups excluding carboxylic acids is 1. The molecule has 1 nitrogen and oxygen atoms in total. The smallest absolute Gasteiger partial charge is 0.140 e. The van der Waals surface area contributed by atoms with E-state index < -0.39 is 0 Å². The third-order valence-corrected chi connectivity index (χ3v) is 4.83. The second-order valence-corrected chi connectivity index (χ2v) is 5.97. The van der Waals surface area contributed by atoms with Crippen LogP contribution in [0.25, 0.3) is 0 Å². The standard InChI is InChI=1S/C15H22O/c1-10(2)12-8-14(16)13-7-5-6-11(3)15(13,4)9-12/h5,7,11-13H,1,6,8-9H2,2-4H3. The first-order valence-electron chi connectivity index (χ1n) is 6.30. The average molecular weight is 218 g/mol. The summed E-state index contributed by atoms with van der Waals surface area (Å²) in [5, 5.41) is 0. The molecule has 1 fully saturated rings. The Morgan fingerprint density at radius 2 is 2.25 bits per heavy atom. The first kappa shape index (κ1) is 11.6. The van der Waals surface area contributed by atoms with Crippen molar-refractivity contribution in [3.05, 3.63) is 24.3 Å². The maximum Gasteiger partial charge on any atom is 0.140 e. The van der Waals surface area contributed by atoms with E-state index in [1.807, 2.05) is 0 Å². The number of ketones is 1. The highest BCUT2D eigenvalue weighted by Crippen LogP contribution is 2.52. The van der Waals surface area contributed by atoms with Crippen LogP contribution in [0.2, 0.25) is 0 Å². The van der Waals surface area contributed by atoms with E-state index in [4.69, 9.17) is 0 Å². The van der Waals surface area contributed by atoms with Crippen molar-refractivity contribution < 1.29 is 4.79 Å². The summed E-state index contributed by atoms with van der Waals surface area (Å²) >= 11 is 0. The molecule has 0 radical (unpaired) electrons. The lowest BCUT2D eigenvalue weighted by Gasteiger charge is -2.48. The van der Waals surface area contributed by atoms with E-state index in [1.165, 1.54) is 5.57 Å². The zero-order valence-electron chi connectivity index (χ0n) is 10.6. The van der Waals surface area contributed by atoms with Crippen molar-refractivity contribution in [2.24, 2.45) is 23.2 Å². The first-order chi connectivity index (χ1) is 7.45. The summed E-state index contributed by atoms with van der Waals surface area (Å²) in [7, 11) is 0. The summed E-state index contributed by atoms with van der Waals surface area (Å²) in [5.41, 5.74) is 1.34. The van der Waals surface area contributed by atoms with Crippen LogP contribution in [0.1, 0.15) is 40.0 Å². The molecule has 0 saturated heterocycles. The molecule has 0 amide bonds. The number of fused-ring (bicyclic) bond motifs is 1. The molecule has 0 aromatic rings. The van der Waals surface area contributed by atoms with Gasteiger partial charge < -0.3 is 0 Å². The SMILES string of the molecule is C=C(C)C1CC(=O)C2C=CCC(C)C2(C)C1. The molecule has 0 N–H and O–H groups in total. The van der Waals surface area contributed by atoms with Crippen molar-refractivity contribution in [2.45, 2.75) is 40.0 Å². The molecule has 0 spiro atoms. The molecule has 0 bridgehead atoms. The molecule has 0 heterocycles. The molecule has 0 aliphatic heterocycles. The third-order valence-electron chi connectivity index (χ3n) is 4.83. The molecule has 2 rings (SSSR count). The van der Waals surface area contributed by atoms with E-state index in [-0.39, 0.29) is 11.3 Å². The molecular formula is C15H22O. The molecule has 16 heavy (non-hydrogen) atoms. The molecule has 2 aliphatic carbocycles. The van der Waals surface area contributed by atoms with Crippen molar-refractivity contribution in [1.29, 1.82) is 0 Å². The Morgan fingerprint density at radius 1 is 1.56 bits per heavy atom. The van der Waals surface area contributed by atoms with Gasteiger partial charge in [-0.15, -0.1) is 0 Å². The van der Waals surface area contributed by atoms with E-state index in [2.05, 4.69) is 39.5 Å². The summed E-state index contributed by atoms with van der Waals surface area (Å²) < 4.78 is 0. The minimum Gasteiger partial charge on any atom is -0.299 e. The summed E-state index contributed by atoms with van der Waals surface area (Å²) in [6.07, 6.45) is 7.28. The monoisotopic (exact) mass is 218 g/mol. The molecule has 88 valence electrons. The van der Waals surface area contributed by atoms with Gasteiger partial charge in [-0.25, -0.2) is 0 Å². The van der Waals surface area contributed by atoms with Crippen molar-refractivity contribution in [1.82, 2.24) is 0 Å². The minimum atomic E-state index is 0.159. The number of rotatable bonds is 1. The Kier molecular flexibility index (Phi) is 2.81. The van der Waals surface area contributed by atoms with Gasteiger partial charge in [-0.1, -0.05) is 38.2 Å². The fraction of sp³-hybridized carbons (Fsp3) is 0.667. The number of hydrogen-bond donors (Lipinski definition) is 0. The van der Waals surface area contributed by atoms with Crippen LogP contribution in [-0.4, -0.2) is 5.78 Å². The zero-order valence-corrected chi connectivity index (χ0v) is 10.6. The van der Waals surface area contributed by atoms with Gasteiger partial charge in [0.2, 0.25) is 0 Å². The molecule has 0 aromatic heterocycles. The van der Waals surface area contributed by atoms with E-state index >= 15 is 0 Å². The van der Waals surface area contributed by atoms with Gasteiger partial charge in [0, 0.05) is 12.3 Å². The van der Waals surface area contributed by atoms with Crippen LogP contribution in [-0.2, 0) is 4.79 Å². The fourth-order valence-corrected chi connectivity index (χ4v) is 3.34. The van der Waals surface area contributed by atoms with Crippen molar-refractivity contribution in [3.8, 4) is 0 Å². The van der Waals surface area contributed by atoms with E-state index in [1.54, 1.807) is 0 Å². The van der Waals surface area contributed by atoms with Gasteiger partial charge in [0.05, 0.1) is 0 Å². The topological polar surface area (TPSA) is 17.1 Å². The van der Waals surface area contributed by atoms with Gasteiger partial charge in [0.15, 0.2) is 0 Å². The molecule has 1 saturated carbocycles. The van der Waals surface area contributed by atoms with Gasteiger partial charge in [-0.05, 0) is 37.0 Å². The number of allylic oxidation sites excluding steroid dienone is 3. The second kappa shape index (κ2) is 3.87. The number of hydrogen-bond acceptors (Lipinski definition) is 1. The molecule has 4 unspecified atom stereocenters. The summed E-state index contributed by atoms with van der Waals surface area (Å²) in [5.74, 6) is 1.59. The maximum absolute atomic E-state index is 12.2. The van der Waals surface area contributed by atoms with Crippen LogP contribution in [0.4, 0.5) is 0 Å². The predicted octanol–water partition coefficient (Wildman–Crippen LogP) is 3.76. The molecule has 1 heteroatoms. The Labute approximate surface area is 98.6 Å². The highest BCUT2D eigenvalue weighted by atomic mass is 16.1. The van der Waals surface area contributed by atoms with Crippen LogP contribution in [0.15, 0.2) is 24.3 Å². The summed E-state index contributed by atoms with van der Waals surface area (Å²) in [4.78, 5) is 12.2. The van der Waals surface area contributed by atoms with Gasteiger partial charge in [-0.3, -0.25) is 4.79 Å². The minimum absolute atomic E-state index is 0.159. The van der Waals surface area contributed by atoms with Crippen molar-refractivity contribution >= 4 is 5.78 Å². The quantitative estimate of drug-likeness (QED) is 0.612. The molecular weight excluding hydrogens is 196 g/mol. The lowest BCUT2D eigenvalue weighted by Crippen LogP contribution is -2.45. The lowest BCUT2D eigenvalue weighted by atomic mass is 9.55. The van der Waals surface area contributed by atoms with Crippen LogP contribution in [0.3, 0.4) is 0 Å². The Balaban J connectivity index is 2.33. The first-order valence-corrected chi connectivity index (χ1v) is 6.30. The average Bonchev–Trinajstić information content (AvgIpc) is 2.20. The van der Waals surface area contributed by atoms with Crippen LogP contribution in [0, 0.1) is 23.2 Å². The summed E-state index contributed by atoms with van der Waals surface area (Å²) in [6.45, 7) is 10.7. The van der Waals surface area contributed by atoms with Crippen LogP contribution < -0.4 is 0 Å². The number of carbonyl (C=O) groups is 1. The molecule has 2 aliphatic rings. The highest BCUT2D eigenvalue weighted by Gasteiger charge is 2.48. The number of Topliss-reactive ketones (excluding diaryl/α,β-unsaturated/α-hetero) is 1. The zero-order chi connectivity index (χ0) is 11.9. The summed E-state index contributed by atoms with van der Waals surface area (Å²) in [6, 6.07) is 0. The maximum atomic E-state index is 12.2. The van der Waals surface area contributed by atoms with Crippen molar-refractivity contribution in [3.63, 3.8) is 0 Å². The van der Waals surface area contributed by atoms with Crippen LogP contribution in [0.5, 0.6) is 0 Å². The molecule has 0 aromatic carbocycles. The third kappa shape index (κ3) is 1.66. The Morgan fingerprint density at radius 3 is 2.88 bits per heavy atom. The fourth-order valence-electron chi connectivity index (χ4n) is 3.34. The van der Waals surface area contributed by atoms with Crippen LogP contribution >= 0.6 is 0 Å². The lowest BCUT2D eigenvalue weighted by molar-refractivity contribution is -0.131. The van der Waals surface area contributed by atoms with E-state index in [0.717, 1.165) is 12.8 Å². The van der Waals surface area contributed by atoms with Gasteiger partial charge >= 0.3 is 0 Å². The molecule has 4 atom stereocenters. The van der Waals surface area contributed by atoms with Gasteiger partial charge in [-0.2, -0.15) is 0 Å². The highest BCUT2D eigenvalue weighted by molar-refractivity contribution is 5.85. The largest absolute Gasteiger partial charge is 0.299 e. The van der Waals surface area contributed by atoms with E-state index in [9.17, 15) is 4.79 Å². The van der Waals surface area contributed by atoms with E-state index in [0.29, 0.717) is 24.0 Å². The Bertz CT molecular complexity index is 352. The van der Waals surface area contributed by atoms with Gasteiger partial charge in [0.25, 0.3) is 0 Å².